The van der Waals surface area contributed by atoms with Gasteiger partial charge < -0.3 is 15.7 Å². The van der Waals surface area contributed by atoms with Crippen LogP contribution in [0.2, 0.25) is 0 Å². The number of carbonyl (C=O) groups is 1. The van der Waals surface area contributed by atoms with Crippen molar-refractivity contribution in [1.82, 2.24) is 10.6 Å². The minimum atomic E-state index is -0.233. The first-order valence-corrected chi connectivity index (χ1v) is 4.02. The largest absolute Gasteiger partial charge is 0.395 e. The van der Waals surface area contributed by atoms with E-state index in [0.717, 1.165) is 13.0 Å². The molecule has 68 valence electrons. The summed E-state index contributed by atoms with van der Waals surface area (Å²) in [4.78, 5) is 15.1. The molecule has 1 aliphatic rings. The van der Waals surface area contributed by atoms with E-state index in [1.165, 1.54) is 0 Å². The van der Waals surface area contributed by atoms with Crippen LogP contribution < -0.4 is 10.6 Å². The lowest BCUT2D eigenvalue weighted by Gasteiger charge is -2.13. The minimum absolute atomic E-state index is 0.0426. The first-order valence-electron chi connectivity index (χ1n) is 4.02. The summed E-state index contributed by atoms with van der Waals surface area (Å²) in [5.74, 6) is 0.151. The Hall–Kier alpha value is -1.10. The van der Waals surface area contributed by atoms with Crippen LogP contribution in [0.3, 0.4) is 0 Å². The van der Waals surface area contributed by atoms with Crippen molar-refractivity contribution in [3.05, 3.63) is 0 Å². The lowest BCUT2D eigenvalue weighted by molar-refractivity contribution is -0.115. The second-order valence-electron chi connectivity index (χ2n) is 2.49. The molecule has 5 heteroatoms. The predicted octanol–water partition coefficient (Wildman–Crippen LogP) is -1.51. The maximum Gasteiger partial charge on any atom is 0.286 e. The third-order valence-corrected chi connectivity index (χ3v) is 1.51. The van der Waals surface area contributed by atoms with Crippen LogP contribution in [0.15, 0.2) is 4.99 Å². The van der Waals surface area contributed by atoms with Gasteiger partial charge in [-0.25, -0.2) is 0 Å². The van der Waals surface area contributed by atoms with Gasteiger partial charge in [0.1, 0.15) is 0 Å². The van der Waals surface area contributed by atoms with Crippen molar-refractivity contribution >= 4 is 11.7 Å². The van der Waals surface area contributed by atoms with Gasteiger partial charge in [0.15, 0.2) is 5.84 Å². The standard InChI is InChI=1S/C7H13N3O2/c11-5-4-10-7(12)6-8-2-1-3-9-6/h11H,1-5H2,(H,8,9)(H,10,12). The molecule has 12 heavy (non-hydrogen) atoms. The summed E-state index contributed by atoms with van der Waals surface area (Å²) >= 11 is 0. The van der Waals surface area contributed by atoms with Crippen molar-refractivity contribution in [2.45, 2.75) is 6.42 Å². The summed E-state index contributed by atoms with van der Waals surface area (Å²) in [6.07, 6.45) is 0.969. The molecule has 0 aromatic heterocycles. The molecule has 0 aromatic carbocycles. The molecule has 1 rings (SSSR count). The molecule has 0 aromatic rings. The van der Waals surface area contributed by atoms with Crippen LogP contribution in [-0.2, 0) is 4.79 Å². The fourth-order valence-electron chi connectivity index (χ4n) is 0.938. The lowest BCUT2D eigenvalue weighted by atomic mass is 10.3. The van der Waals surface area contributed by atoms with Crippen LogP contribution in [0.4, 0.5) is 0 Å². The summed E-state index contributed by atoms with van der Waals surface area (Å²) < 4.78 is 0. The number of amides is 1. The number of nitrogens with zero attached hydrogens (tertiary/aromatic N) is 1. The van der Waals surface area contributed by atoms with E-state index in [-0.39, 0.29) is 19.1 Å². The molecule has 0 saturated heterocycles. The van der Waals surface area contributed by atoms with E-state index in [1.807, 2.05) is 0 Å². The number of amidine groups is 1. The SMILES string of the molecule is O=C(NCCO)C1=NCCCN1. The highest BCUT2D eigenvalue weighted by atomic mass is 16.3. The molecule has 3 N–H and O–H groups in total. The van der Waals surface area contributed by atoms with Gasteiger partial charge in [-0.3, -0.25) is 9.79 Å². The second kappa shape index (κ2) is 4.71. The quantitative estimate of drug-likeness (QED) is 0.483. The Morgan fingerprint density at radius 1 is 1.75 bits per heavy atom. The maximum atomic E-state index is 11.1. The van der Waals surface area contributed by atoms with Crippen LogP contribution in [0.1, 0.15) is 6.42 Å². The Kier molecular flexibility index (Phi) is 3.53. The van der Waals surface area contributed by atoms with Gasteiger partial charge in [0.25, 0.3) is 5.91 Å². The highest BCUT2D eigenvalue weighted by Crippen LogP contribution is 1.88. The third kappa shape index (κ3) is 2.50. The Morgan fingerprint density at radius 3 is 3.17 bits per heavy atom. The number of carbonyl (C=O) groups excluding carboxylic acids is 1. The van der Waals surface area contributed by atoms with Gasteiger partial charge in [0.05, 0.1) is 6.61 Å². The number of hydrogen-bond donors (Lipinski definition) is 3. The summed E-state index contributed by atoms with van der Waals surface area (Å²) in [6.45, 7) is 1.73. The summed E-state index contributed by atoms with van der Waals surface area (Å²) in [7, 11) is 0. The zero-order chi connectivity index (χ0) is 8.81. The number of aliphatic hydroxyl groups excluding tert-OH is 1. The summed E-state index contributed by atoms with van der Waals surface area (Å²) in [6, 6.07) is 0. The second-order valence-corrected chi connectivity index (χ2v) is 2.49. The normalized spacial score (nSPS) is 16.2. The van der Waals surface area contributed by atoms with Gasteiger partial charge in [-0.05, 0) is 6.42 Å². The van der Waals surface area contributed by atoms with E-state index in [1.54, 1.807) is 0 Å². The topological polar surface area (TPSA) is 73.7 Å². The van der Waals surface area contributed by atoms with Gasteiger partial charge in [0.2, 0.25) is 0 Å². The van der Waals surface area contributed by atoms with Crippen LogP contribution in [0.5, 0.6) is 0 Å². The van der Waals surface area contributed by atoms with Crippen LogP contribution in [0, 0.1) is 0 Å². The molecule has 1 amide bonds. The van der Waals surface area contributed by atoms with Crippen molar-refractivity contribution in [3.8, 4) is 0 Å². The molecule has 0 saturated carbocycles. The number of aliphatic hydroxyl groups is 1. The molecule has 0 fully saturated rings. The Morgan fingerprint density at radius 2 is 2.58 bits per heavy atom. The van der Waals surface area contributed by atoms with Gasteiger partial charge in [-0.2, -0.15) is 0 Å². The molecule has 0 aliphatic carbocycles. The molecule has 5 nitrogen and oxygen atoms in total. The average Bonchev–Trinajstić information content (AvgIpc) is 2.15. The first kappa shape index (κ1) is 8.99. The predicted molar refractivity (Wildman–Crippen MR) is 45.0 cm³/mol. The number of aliphatic imine (C=N–C) groups is 1. The molecule has 0 atom stereocenters. The molecular weight excluding hydrogens is 158 g/mol. The van der Waals surface area contributed by atoms with E-state index in [9.17, 15) is 4.79 Å². The van der Waals surface area contributed by atoms with Gasteiger partial charge >= 0.3 is 0 Å². The third-order valence-electron chi connectivity index (χ3n) is 1.51. The summed E-state index contributed by atoms with van der Waals surface area (Å²) in [5, 5.41) is 13.8. The van der Waals surface area contributed by atoms with E-state index in [0.29, 0.717) is 12.4 Å². The maximum absolute atomic E-state index is 11.1. The monoisotopic (exact) mass is 171 g/mol. The first-order chi connectivity index (χ1) is 5.84. The van der Waals surface area contributed by atoms with Gasteiger partial charge in [-0.15, -0.1) is 0 Å². The Bertz CT molecular complexity index is 191. The molecule has 1 heterocycles. The van der Waals surface area contributed by atoms with E-state index < -0.39 is 0 Å². The van der Waals surface area contributed by atoms with E-state index in [4.69, 9.17) is 5.11 Å². The fraction of sp³-hybridized carbons (Fsp3) is 0.714. The number of rotatable bonds is 3. The van der Waals surface area contributed by atoms with E-state index >= 15 is 0 Å². The van der Waals surface area contributed by atoms with Crippen LogP contribution in [-0.4, -0.2) is 43.1 Å². The van der Waals surface area contributed by atoms with Crippen molar-refractivity contribution in [3.63, 3.8) is 0 Å². The number of nitrogens with one attached hydrogen (secondary N) is 2. The highest BCUT2D eigenvalue weighted by Gasteiger charge is 2.11. The van der Waals surface area contributed by atoms with Crippen molar-refractivity contribution < 1.29 is 9.90 Å². The molecule has 0 unspecified atom stereocenters. The lowest BCUT2D eigenvalue weighted by Crippen LogP contribution is -2.43. The number of hydrogen-bond acceptors (Lipinski definition) is 4. The summed E-state index contributed by atoms with van der Waals surface area (Å²) in [5.41, 5.74) is 0. The van der Waals surface area contributed by atoms with E-state index in [2.05, 4.69) is 15.6 Å². The Balaban J connectivity index is 2.35. The van der Waals surface area contributed by atoms with Crippen LogP contribution in [0.25, 0.3) is 0 Å². The minimum Gasteiger partial charge on any atom is -0.395 e. The molecule has 0 radical (unpaired) electrons. The molecule has 0 spiro atoms. The van der Waals surface area contributed by atoms with Crippen molar-refractivity contribution in [1.29, 1.82) is 0 Å². The zero-order valence-corrected chi connectivity index (χ0v) is 6.84. The van der Waals surface area contributed by atoms with Gasteiger partial charge in [-0.1, -0.05) is 0 Å². The molecule has 1 aliphatic heterocycles. The smallest absolute Gasteiger partial charge is 0.286 e. The van der Waals surface area contributed by atoms with Crippen LogP contribution >= 0.6 is 0 Å². The molecule has 0 bridgehead atoms. The Labute approximate surface area is 70.9 Å². The fourth-order valence-corrected chi connectivity index (χ4v) is 0.938. The average molecular weight is 171 g/mol. The van der Waals surface area contributed by atoms with Crippen molar-refractivity contribution in [2.24, 2.45) is 4.99 Å². The molecular formula is C7H13N3O2. The highest BCUT2D eigenvalue weighted by molar-refractivity contribution is 6.37. The van der Waals surface area contributed by atoms with Crippen molar-refractivity contribution in [2.75, 3.05) is 26.2 Å². The van der Waals surface area contributed by atoms with Gasteiger partial charge in [0, 0.05) is 19.6 Å². The zero-order valence-electron chi connectivity index (χ0n) is 6.84.